The van der Waals surface area contributed by atoms with Gasteiger partial charge in [0.05, 0.1) is 16.4 Å². The second kappa shape index (κ2) is 5.21. The highest BCUT2D eigenvalue weighted by molar-refractivity contribution is 8.00. The molecule has 5 heteroatoms. The summed E-state index contributed by atoms with van der Waals surface area (Å²) in [6, 6.07) is 0. The molecule has 96 valence electrons. The predicted octanol–water partition coefficient (Wildman–Crippen LogP) is 2.76. The van der Waals surface area contributed by atoms with Gasteiger partial charge in [0.15, 0.2) is 0 Å². The molecule has 0 aromatic carbocycles. The van der Waals surface area contributed by atoms with E-state index in [1.54, 1.807) is 0 Å². The van der Waals surface area contributed by atoms with Crippen LogP contribution in [-0.2, 0) is 13.6 Å². The molecule has 1 unspecified atom stereocenters. The number of thioether (sulfide) groups is 1. The van der Waals surface area contributed by atoms with E-state index >= 15 is 0 Å². The number of hydrogen-bond donors (Lipinski definition) is 1. The molecule has 0 bridgehead atoms. The Kier molecular flexibility index (Phi) is 4.06. The Balaban J connectivity index is 1.89. The molecule has 1 aliphatic heterocycles. The zero-order chi connectivity index (χ0) is 12.5. The fourth-order valence-electron chi connectivity index (χ4n) is 2.29. The molecule has 0 saturated carbocycles. The van der Waals surface area contributed by atoms with Gasteiger partial charge in [0, 0.05) is 24.9 Å². The molecule has 0 aliphatic carbocycles. The second-order valence-corrected chi connectivity index (χ2v) is 7.04. The Morgan fingerprint density at radius 1 is 1.59 bits per heavy atom. The lowest BCUT2D eigenvalue weighted by Crippen LogP contribution is -2.33. The van der Waals surface area contributed by atoms with Crippen LogP contribution >= 0.6 is 23.4 Å². The number of aryl methyl sites for hydroxylation is 2. The van der Waals surface area contributed by atoms with Gasteiger partial charge in [-0.3, -0.25) is 4.68 Å². The molecule has 1 fully saturated rings. The smallest absolute Gasteiger partial charge is 0.0860 e. The third kappa shape index (κ3) is 2.98. The summed E-state index contributed by atoms with van der Waals surface area (Å²) in [6.45, 7) is 6.12. The molecule has 1 aromatic heterocycles. The first-order valence-electron chi connectivity index (χ1n) is 6.04. The van der Waals surface area contributed by atoms with Gasteiger partial charge in [-0.2, -0.15) is 16.9 Å². The van der Waals surface area contributed by atoms with Crippen LogP contribution in [-0.4, -0.2) is 26.8 Å². The fraction of sp³-hybridized carbons (Fsp3) is 0.750. The summed E-state index contributed by atoms with van der Waals surface area (Å²) < 4.78 is 2.27. The van der Waals surface area contributed by atoms with Crippen molar-refractivity contribution in [1.82, 2.24) is 15.1 Å². The van der Waals surface area contributed by atoms with Crippen molar-refractivity contribution in [1.29, 1.82) is 0 Å². The molecule has 2 heterocycles. The van der Waals surface area contributed by atoms with Crippen molar-refractivity contribution in [2.45, 2.75) is 38.0 Å². The summed E-state index contributed by atoms with van der Waals surface area (Å²) in [7, 11) is 1.95. The summed E-state index contributed by atoms with van der Waals surface area (Å²) in [5.41, 5.74) is 1.99. The van der Waals surface area contributed by atoms with Crippen LogP contribution in [0.3, 0.4) is 0 Å². The van der Waals surface area contributed by atoms with Crippen LogP contribution in [0.4, 0.5) is 0 Å². The van der Waals surface area contributed by atoms with Gasteiger partial charge >= 0.3 is 0 Å². The van der Waals surface area contributed by atoms with Crippen molar-refractivity contribution in [2.24, 2.45) is 7.05 Å². The Morgan fingerprint density at radius 3 is 2.88 bits per heavy atom. The normalized spacial score (nSPS) is 24.5. The van der Waals surface area contributed by atoms with Crippen molar-refractivity contribution in [2.75, 3.05) is 12.3 Å². The molecule has 1 N–H and O–H groups in total. The largest absolute Gasteiger partial charge is 0.310 e. The molecule has 1 aromatic rings. The number of hydrogen-bond acceptors (Lipinski definition) is 3. The van der Waals surface area contributed by atoms with Gasteiger partial charge in [-0.1, -0.05) is 11.6 Å². The summed E-state index contributed by atoms with van der Waals surface area (Å²) >= 11 is 8.29. The highest BCUT2D eigenvalue weighted by Gasteiger charge is 2.28. The van der Waals surface area contributed by atoms with E-state index in [1.807, 2.05) is 18.7 Å². The summed E-state index contributed by atoms with van der Waals surface area (Å²) in [6.07, 6.45) is 2.65. The third-order valence-electron chi connectivity index (χ3n) is 3.35. The maximum absolute atomic E-state index is 6.22. The van der Waals surface area contributed by atoms with Gasteiger partial charge in [0.2, 0.25) is 0 Å². The zero-order valence-corrected chi connectivity index (χ0v) is 12.3. The van der Waals surface area contributed by atoms with Gasteiger partial charge in [-0.15, -0.1) is 0 Å². The Morgan fingerprint density at radius 2 is 2.35 bits per heavy atom. The second-order valence-electron chi connectivity index (χ2n) is 4.98. The van der Waals surface area contributed by atoms with Crippen LogP contribution in [0.5, 0.6) is 0 Å². The maximum atomic E-state index is 6.22. The van der Waals surface area contributed by atoms with Crippen LogP contribution in [0.1, 0.15) is 31.2 Å². The minimum absolute atomic E-state index is 0.403. The number of rotatable bonds is 4. The topological polar surface area (TPSA) is 29.9 Å². The van der Waals surface area contributed by atoms with Gasteiger partial charge in [0.1, 0.15) is 0 Å². The quantitative estimate of drug-likeness (QED) is 0.915. The molecule has 1 saturated heterocycles. The lowest BCUT2D eigenvalue weighted by molar-refractivity contribution is 0.525. The number of nitrogens with zero attached hydrogens (tertiary/aromatic N) is 2. The monoisotopic (exact) mass is 273 g/mol. The van der Waals surface area contributed by atoms with Gasteiger partial charge in [-0.05, 0) is 32.4 Å². The summed E-state index contributed by atoms with van der Waals surface area (Å²) in [5.74, 6) is 1.30. The van der Waals surface area contributed by atoms with E-state index < -0.39 is 0 Å². The van der Waals surface area contributed by atoms with E-state index in [1.165, 1.54) is 18.6 Å². The van der Waals surface area contributed by atoms with Crippen molar-refractivity contribution in [3.8, 4) is 0 Å². The molecule has 2 rings (SSSR count). The average molecular weight is 274 g/mol. The van der Waals surface area contributed by atoms with Gasteiger partial charge in [0.25, 0.3) is 0 Å². The fourth-order valence-corrected chi connectivity index (χ4v) is 3.79. The van der Waals surface area contributed by atoms with Crippen molar-refractivity contribution in [3.63, 3.8) is 0 Å². The molecule has 0 radical (unpaired) electrons. The van der Waals surface area contributed by atoms with E-state index in [2.05, 4.69) is 29.1 Å². The maximum Gasteiger partial charge on any atom is 0.0860 e. The Labute approximate surface area is 112 Å². The Bertz CT molecular complexity index is 397. The number of aromatic nitrogens is 2. The number of halogens is 1. The van der Waals surface area contributed by atoms with Crippen molar-refractivity contribution < 1.29 is 0 Å². The van der Waals surface area contributed by atoms with E-state index in [9.17, 15) is 0 Å². The lowest BCUT2D eigenvalue weighted by atomic mass is 10.1. The van der Waals surface area contributed by atoms with E-state index in [-0.39, 0.29) is 0 Å². The van der Waals surface area contributed by atoms with E-state index in [0.29, 0.717) is 4.75 Å². The highest BCUT2D eigenvalue weighted by Crippen LogP contribution is 2.37. The predicted molar refractivity (Wildman–Crippen MR) is 74.8 cm³/mol. The minimum atomic E-state index is 0.403. The first kappa shape index (κ1) is 13.2. The van der Waals surface area contributed by atoms with Crippen LogP contribution in [0.25, 0.3) is 0 Å². The van der Waals surface area contributed by atoms with Crippen LogP contribution < -0.4 is 5.32 Å². The SMILES string of the molecule is Cc1nn(C)c(CNCC2(C)CCCS2)c1Cl. The van der Waals surface area contributed by atoms with Crippen molar-refractivity contribution in [3.05, 3.63) is 16.4 Å². The lowest BCUT2D eigenvalue weighted by Gasteiger charge is -2.23. The molecular weight excluding hydrogens is 254 g/mol. The van der Waals surface area contributed by atoms with Gasteiger partial charge in [-0.25, -0.2) is 0 Å². The Hall–Kier alpha value is -0.190. The minimum Gasteiger partial charge on any atom is -0.310 e. The third-order valence-corrected chi connectivity index (χ3v) is 5.38. The first-order valence-corrected chi connectivity index (χ1v) is 7.41. The molecule has 0 spiro atoms. The molecule has 1 atom stereocenters. The zero-order valence-electron chi connectivity index (χ0n) is 10.7. The van der Waals surface area contributed by atoms with E-state index in [0.717, 1.165) is 29.5 Å². The molecule has 3 nitrogen and oxygen atoms in total. The molecule has 1 aliphatic rings. The summed E-state index contributed by atoms with van der Waals surface area (Å²) in [4.78, 5) is 0. The highest BCUT2D eigenvalue weighted by atomic mass is 35.5. The van der Waals surface area contributed by atoms with Crippen LogP contribution in [0.2, 0.25) is 5.02 Å². The van der Waals surface area contributed by atoms with Gasteiger partial charge < -0.3 is 5.32 Å². The molecule has 17 heavy (non-hydrogen) atoms. The molecule has 0 amide bonds. The molecular formula is C12H20ClN3S. The summed E-state index contributed by atoms with van der Waals surface area (Å²) in [5, 5.41) is 8.63. The standard InChI is InChI=1S/C12H20ClN3S/c1-9-11(13)10(16(3)15-9)7-14-8-12(2)5-4-6-17-12/h14H,4-8H2,1-3H3. The van der Waals surface area contributed by atoms with Crippen LogP contribution in [0.15, 0.2) is 0 Å². The van der Waals surface area contributed by atoms with Crippen LogP contribution in [0, 0.1) is 6.92 Å². The van der Waals surface area contributed by atoms with E-state index in [4.69, 9.17) is 11.6 Å². The first-order chi connectivity index (χ1) is 8.02. The average Bonchev–Trinajstić information content (AvgIpc) is 2.79. The number of nitrogens with one attached hydrogen (secondary N) is 1. The van der Waals surface area contributed by atoms with Crippen molar-refractivity contribution >= 4 is 23.4 Å².